The molecule has 0 spiro atoms. The Kier molecular flexibility index (Phi) is 5.36. The van der Waals surface area contributed by atoms with Crippen molar-refractivity contribution in [3.05, 3.63) is 12.7 Å². The third kappa shape index (κ3) is 5.18. The Hall–Kier alpha value is -1.52. The lowest BCUT2D eigenvalue weighted by Crippen LogP contribution is -2.42. The lowest BCUT2D eigenvalue weighted by Gasteiger charge is -2.12. The summed E-state index contributed by atoms with van der Waals surface area (Å²) in [5, 5.41) is 13.5. The van der Waals surface area contributed by atoms with Gasteiger partial charge in [-0.1, -0.05) is 13.0 Å². The zero-order valence-corrected chi connectivity index (χ0v) is 8.41. The van der Waals surface area contributed by atoms with Gasteiger partial charge in [0.1, 0.15) is 0 Å². The molecule has 0 aromatic heterocycles. The Labute approximate surface area is 83.2 Å². The first kappa shape index (κ1) is 12.5. The standard InChI is InChI=1S/C9H16N2O3/c1-4-7(3)11-9(14)10-5-6(2)8(12)13/h4,6-7H,1,5H2,2-3H3,(H,12,13)(H2,10,11,14). The van der Waals surface area contributed by atoms with Crippen LogP contribution in [0.1, 0.15) is 13.8 Å². The van der Waals surface area contributed by atoms with E-state index < -0.39 is 11.9 Å². The fourth-order valence-electron chi connectivity index (χ4n) is 0.650. The van der Waals surface area contributed by atoms with Crippen LogP contribution in [0.15, 0.2) is 12.7 Å². The van der Waals surface area contributed by atoms with E-state index >= 15 is 0 Å². The van der Waals surface area contributed by atoms with Crippen molar-refractivity contribution in [1.82, 2.24) is 10.6 Å². The SMILES string of the molecule is C=CC(C)NC(=O)NCC(C)C(=O)O. The summed E-state index contributed by atoms with van der Waals surface area (Å²) in [5.41, 5.74) is 0. The molecule has 0 bridgehead atoms. The van der Waals surface area contributed by atoms with Crippen LogP contribution in [0.25, 0.3) is 0 Å². The quantitative estimate of drug-likeness (QED) is 0.568. The average Bonchev–Trinajstić information content (AvgIpc) is 2.13. The van der Waals surface area contributed by atoms with Crippen LogP contribution in [-0.2, 0) is 4.79 Å². The van der Waals surface area contributed by atoms with Gasteiger partial charge in [-0.05, 0) is 6.92 Å². The third-order valence-electron chi connectivity index (χ3n) is 1.70. The molecule has 3 N–H and O–H groups in total. The lowest BCUT2D eigenvalue weighted by molar-refractivity contribution is -0.140. The molecule has 0 fully saturated rings. The van der Waals surface area contributed by atoms with Crippen molar-refractivity contribution >= 4 is 12.0 Å². The van der Waals surface area contributed by atoms with E-state index in [1.165, 1.54) is 6.92 Å². The maximum absolute atomic E-state index is 11.1. The van der Waals surface area contributed by atoms with Gasteiger partial charge in [0.25, 0.3) is 0 Å². The molecule has 0 aliphatic carbocycles. The molecule has 0 heterocycles. The molecule has 2 atom stereocenters. The van der Waals surface area contributed by atoms with E-state index in [4.69, 9.17) is 5.11 Å². The summed E-state index contributed by atoms with van der Waals surface area (Å²) in [6, 6.07) is -0.513. The molecule has 0 saturated heterocycles. The summed E-state index contributed by atoms with van der Waals surface area (Å²) in [5.74, 6) is -1.51. The van der Waals surface area contributed by atoms with Crippen LogP contribution >= 0.6 is 0 Å². The summed E-state index contributed by atoms with van der Waals surface area (Å²) in [7, 11) is 0. The van der Waals surface area contributed by atoms with Crippen LogP contribution in [0.5, 0.6) is 0 Å². The molecule has 0 aliphatic rings. The normalized spacial score (nSPS) is 13.9. The number of carbonyl (C=O) groups is 2. The number of nitrogens with one attached hydrogen (secondary N) is 2. The Morgan fingerprint density at radius 1 is 1.50 bits per heavy atom. The number of hydrogen-bond acceptors (Lipinski definition) is 2. The highest BCUT2D eigenvalue weighted by Crippen LogP contribution is 1.91. The minimum atomic E-state index is -0.929. The lowest BCUT2D eigenvalue weighted by atomic mass is 10.2. The molecule has 5 nitrogen and oxygen atoms in total. The van der Waals surface area contributed by atoms with Gasteiger partial charge in [-0.3, -0.25) is 4.79 Å². The Morgan fingerprint density at radius 2 is 2.07 bits per heavy atom. The van der Waals surface area contributed by atoms with Crippen molar-refractivity contribution < 1.29 is 14.7 Å². The van der Waals surface area contributed by atoms with Crippen LogP contribution in [0, 0.1) is 5.92 Å². The minimum absolute atomic E-state index is 0.116. The van der Waals surface area contributed by atoms with Crippen LogP contribution in [-0.4, -0.2) is 29.7 Å². The van der Waals surface area contributed by atoms with Crippen molar-refractivity contribution in [3.63, 3.8) is 0 Å². The molecule has 0 aromatic rings. The van der Waals surface area contributed by atoms with Crippen LogP contribution in [0.2, 0.25) is 0 Å². The molecule has 2 unspecified atom stereocenters. The van der Waals surface area contributed by atoms with E-state index in [-0.39, 0.29) is 18.6 Å². The molecule has 0 aromatic carbocycles. The van der Waals surface area contributed by atoms with Crippen molar-refractivity contribution in [3.8, 4) is 0 Å². The molecule has 0 rings (SSSR count). The number of urea groups is 1. The maximum atomic E-state index is 11.1. The van der Waals surface area contributed by atoms with Crippen LogP contribution in [0.3, 0.4) is 0 Å². The summed E-state index contributed by atoms with van der Waals surface area (Å²) >= 11 is 0. The van der Waals surface area contributed by atoms with E-state index in [1.807, 2.05) is 0 Å². The zero-order chi connectivity index (χ0) is 11.1. The first-order valence-corrected chi connectivity index (χ1v) is 4.37. The van der Waals surface area contributed by atoms with Gasteiger partial charge in [0.05, 0.1) is 5.92 Å². The Balaban J connectivity index is 3.74. The number of carboxylic acids is 1. The van der Waals surface area contributed by atoms with E-state index in [0.717, 1.165) is 0 Å². The van der Waals surface area contributed by atoms with E-state index in [1.54, 1.807) is 13.0 Å². The molecule has 14 heavy (non-hydrogen) atoms. The fraction of sp³-hybridized carbons (Fsp3) is 0.556. The highest BCUT2D eigenvalue weighted by molar-refractivity contribution is 5.76. The third-order valence-corrected chi connectivity index (χ3v) is 1.70. The number of amides is 2. The second-order valence-corrected chi connectivity index (χ2v) is 3.12. The van der Waals surface area contributed by atoms with Crippen molar-refractivity contribution in [2.45, 2.75) is 19.9 Å². The van der Waals surface area contributed by atoms with Gasteiger partial charge in [0.2, 0.25) is 0 Å². The predicted octanol–water partition coefficient (Wildman–Crippen LogP) is 0.581. The molecular weight excluding hydrogens is 184 g/mol. The smallest absolute Gasteiger partial charge is 0.315 e. The fourth-order valence-corrected chi connectivity index (χ4v) is 0.650. The van der Waals surface area contributed by atoms with Gasteiger partial charge < -0.3 is 15.7 Å². The van der Waals surface area contributed by atoms with Crippen LogP contribution in [0.4, 0.5) is 4.79 Å². The summed E-state index contributed by atoms with van der Waals surface area (Å²) in [4.78, 5) is 21.5. The first-order chi connectivity index (χ1) is 6.47. The molecular formula is C9H16N2O3. The van der Waals surface area contributed by atoms with Gasteiger partial charge in [-0.2, -0.15) is 0 Å². The van der Waals surface area contributed by atoms with Crippen molar-refractivity contribution in [2.75, 3.05) is 6.54 Å². The summed E-state index contributed by atoms with van der Waals surface area (Å²) in [6.07, 6.45) is 1.58. The minimum Gasteiger partial charge on any atom is -0.481 e. The number of rotatable bonds is 5. The van der Waals surface area contributed by atoms with Gasteiger partial charge in [0.15, 0.2) is 0 Å². The summed E-state index contributed by atoms with van der Waals surface area (Å²) < 4.78 is 0. The highest BCUT2D eigenvalue weighted by Gasteiger charge is 2.12. The monoisotopic (exact) mass is 200 g/mol. The van der Waals surface area contributed by atoms with E-state index in [9.17, 15) is 9.59 Å². The van der Waals surface area contributed by atoms with Gasteiger partial charge in [-0.25, -0.2) is 4.79 Å². The predicted molar refractivity (Wildman–Crippen MR) is 53.0 cm³/mol. The van der Waals surface area contributed by atoms with Crippen molar-refractivity contribution in [1.29, 1.82) is 0 Å². The number of hydrogen-bond donors (Lipinski definition) is 3. The average molecular weight is 200 g/mol. The van der Waals surface area contributed by atoms with E-state index in [0.29, 0.717) is 0 Å². The summed E-state index contributed by atoms with van der Waals surface area (Å²) in [6.45, 7) is 6.91. The number of carbonyl (C=O) groups excluding carboxylic acids is 1. The molecule has 2 amide bonds. The molecule has 80 valence electrons. The molecule has 0 saturated carbocycles. The van der Waals surface area contributed by atoms with Gasteiger partial charge in [-0.15, -0.1) is 6.58 Å². The highest BCUT2D eigenvalue weighted by atomic mass is 16.4. The Bertz CT molecular complexity index is 228. The van der Waals surface area contributed by atoms with Gasteiger partial charge in [0, 0.05) is 12.6 Å². The maximum Gasteiger partial charge on any atom is 0.315 e. The van der Waals surface area contributed by atoms with E-state index in [2.05, 4.69) is 17.2 Å². The molecule has 5 heteroatoms. The molecule has 0 radical (unpaired) electrons. The van der Waals surface area contributed by atoms with Crippen LogP contribution < -0.4 is 10.6 Å². The second-order valence-electron chi connectivity index (χ2n) is 3.12. The Morgan fingerprint density at radius 3 is 2.50 bits per heavy atom. The topological polar surface area (TPSA) is 78.4 Å². The number of carboxylic acid groups (broad SMARTS) is 1. The first-order valence-electron chi connectivity index (χ1n) is 4.37. The van der Waals surface area contributed by atoms with Gasteiger partial charge >= 0.3 is 12.0 Å². The largest absolute Gasteiger partial charge is 0.481 e. The zero-order valence-electron chi connectivity index (χ0n) is 8.41. The second kappa shape index (κ2) is 6.01. The molecule has 0 aliphatic heterocycles. The number of aliphatic carboxylic acids is 1. The van der Waals surface area contributed by atoms with Crippen molar-refractivity contribution in [2.24, 2.45) is 5.92 Å².